The number of ether oxygens (including phenoxy) is 4. The van der Waals surface area contributed by atoms with E-state index in [1.54, 1.807) is 0 Å². The fourth-order valence-corrected chi connectivity index (χ4v) is 3.62. The van der Waals surface area contributed by atoms with E-state index in [1.807, 2.05) is 0 Å². The third-order valence-corrected chi connectivity index (χ3v) is 6.61. The average molecular weight is 990 g/mol. The Hall–Kier alpha value is -3.56. The van der Waals surface area contributed by atoms with Gasteiger partial charge in [0, 0.05) is 18.5 Å². The van der Waals surface area contributed by atoms with Gasteiger partial charge in [-0.3, -0.25) is 28.5 Å². The number of alkyl halides is 29. The molecular weight excluding hydrogens is 978 g/mol. The quantitative estimate of drug-likeness (QED) is 0.0776. The second-order valence-corrected chi connectivity index (χ2v) is 11.0. The van der Waals surface area contributed by atoms with Crippen molar-refractivity contribution in [2.45, 2.75) is 91.1 Å². The number of nitrogens with one attached hydrogen (secondary N) is 1. The number of hydrogen-bond donors (Lipinski definition) is 3. The lowest BCUT2D eigenvalue weighted by Gasteiger charge is -2.44. The van der Waals surface area contributed by atoms with Gasteiger partial charge in [-0.15, -0.1) is 0 Å². The van der Waals surface area contributed by atoms with Gasteiger partial charge in [0.05, 0.1) is 0 Å². The summed E-state index contributed by atoms with van der Waals surface area (Å²) in [6.07, 6.45) is -78.4. The molecule has 0 aliphatic rings. The fourth-order valence-electron chi connectivity index (χ4n) is 3.62. The van der Waals surface area contributed by atoms with Gasteiger partial charge in [-0.1, -0.05) is 24.3 Å². The third kappa shape index (κ3) is 10.2. The highest BCUT2D eigenvalue weighted by Crippen LogP contribution is 2.61. The van der Waals surface area contributed by atoms with Crippen LogP contribution in [0.1, 0.15) is 12.0 Å². The summed E-state index contributed by atoms with van der Waals surface area (Å²) < 4.78 is 409. The lowest BCUT2D eigenvalue weighted by atomic mass is 9.75. The topological polar surface area (TPSA) is 122 Å². The van der Waals surface area contributed by atoms with E-state index in [0.717, 1.165) is 15.0 Å². The predicted molar refractivity (Wildman–Crippen MR) is 131 cm³/mol. The van der Waals surface area contributed by atoms with E-state index in [-0.39, 0.29) is 12.1 Å². The monoisotopic (exact) mass is 990 g/mol. The Morgan fingerprint density at radius 3 is 1.18 bits per heavy atom. The van der Waals surface area contributed by atoms with E-state index in [9.17, 15) is 128 Å². The fraction of sp³-hybridized carbons (Fsp3) is 0.696. The molecule has 0 spiro atoms. The third-order valence-electron chi connectivity index (χ3n) is 6.61. The van der Waals surface area contributed by atoms with Crippen molar-refractivity contribution < 1.29 is 161 Å². The number of rotatable bonds is 18. The second-order valence-electron chi connectivity index (χ2n) is 11.0. The minimum atomic E-state index is -9.28. The molecular formula is C23H12BF29N2O7. The Balaban J connectivity index is 4.13. The first kappa shape index (κ1) is 56.5. The Morgan fingerprint density at radius 2 is 0.855 bits per heavy atom. The number of nitrogens with two attached hydrogens (primary N) is 1. The molecule has 0 heterocycles. The molecule has 0 aliphatic carbocycles. The van der Waals surface area contributed by atoms with Crippen molar-refractivity contribution >= 4 is 18.5 Å². The molecule has 0 saturated carbocycles. The van der Waals surface area contributed by atoms with Gasteiger partial charge in [-0.2, -0.15) is 127 Å². The number of hydrogen-bond acceptors (Lipinski definition) is 8. The van der Waals surface area contributed by atoms with Crippen LogP contribution in [-0.2, 0) is 34.4 Å². The molecule has 0 radical (unpaired) electrons. The highest BCUT2D eigenvalue weighted by molar-refractivity contribution is 6.60. The molecule has 39 heteroatoms. The molecule has 0 fully saturated rings. The summed E-state index contributed by atoms with van der Waals surface area (Å²) in [6.45, 7) is -0.580. The minimum Gasteiger partial charge on any atom is -0.422 e. The summed E-state index contributed by atoms with van der Waals surface area (Å²) in [5, 5.41) is 9.91. The van der Waals surface area contributed by atoms with Crippen LogP contribution in [0.2, 0.25) is 0 Å². The van der Waals surface area contributed by atoms with Gasteiger partial charge >= 0.3 is 91.8 Å². The van der Waals surface area contributed by atoms with Crippen LogP contribution in [0.3, 0.4) is 0 Å². The lowest BCUT2D eigenvalue weighted by Crippen LogP contribution is -2.72. The molecule has 0 aliphatic heterocycles. The highest BCUT2D eigenvalue weighted by Gasteiger charge is 2.90. The van der Waals surface area contributed by atoms with Gasteiger partial charge in [0.15, 0.2) is 0 Å². The second kappa shape index (κ2) is 16.8. The summed E-state index contributed by atoms with van der Waals surface area (Å²) in [4.78, 5) is 11.4. The maximum atomic E-state index is 15.6. The van der Waals surface area contributed by atoms with Crippen LogP contribution in [0.5, 0.6) is 0 Å². The normalized spacial score (nSPS) is 18.6. The van der Waals surface area contributed by atoms with E-state index < -0.39 is 128 Å². The Bertz CT molecular complexity index is 1720. The molecule has 4 unspecified atom stereocenters. The zero-order chi connectivity index (χ0) is 49.8. The Labute approximate surface area is 319 Å². The Morgan fingerprint density at radius 1 is 0.516 bits per heavy atom. The number of carbonyl (C=O) groups is 1. The minimum absolute atomic E-state index is 0.00519. The van der Waals surface area contributed by atoms with E-state index in [2.05, 4.69) is 9.49 Å². The van der Waals surface area contributed by atoms with Crippen molar-refractivity contribution in [3.63, 3.8) is 0 Å². The molecule has 1 rings (SSSR count). The first-order valence-corrected chi connectivity index (χ1v) is 14.1. The predicted octanol–water partition coefficient (Wildman–Crippen LogP) is 7.77. The number of carbonyl (C=O) groups excluding carboxylic acids is 1. The van der Waals surface area contributed by atoms with Crippen LogP contribution in [-0.4, -0.2) is 103 Å². The van der Waals surface area contributed by atoms with E-state index in [4.69, 9.17) is 5.73 Å². The number of halogens is 29. The van der Waals surface area contributed by atoms with Crippen molar-refractivity contribution in [1.29, 1.82) is 0 Å². The maximum Gasteiger partial charge on any atom is 0.514 e. The Kier molecular flexibility index (Phi) is 15.3. The van der Waals surface area contributed by atoms with Crippen molar-refractivity contribution in [3.8, 4) is 0 Å². The van der Waals surface area contributed by atoms with Crippen molar-refractivity contribution in [3.05, 3.63) is 29.8 Å². The molecule has 9 nitrogen and oxygen atoms in total. The molecule has 362 valence electrons. The summed E-state index contributed by atoms with van der Waals surface area (Å²) in [6, 6.07) is -0.400. The van der Waals surface area contributed by atoms with Crippen LogP contribution < -0.4 is 16.7 Å². The maximum absolute atomic E-state index is 15.6. The summed E-state index contributed by atoms with van der Waals surface area (Å²) in [7, 11) is -3.39. The molecule has 62 heavy (non-hydrogen) atoms. The number of benzene rings is 1. The molecule has 4 N–H and O–H groups in total. The van der Waals surface area contributed by atoms with Crippen LogP contribution in [0.15, 0.2) is 24.3 Å². The molecule has 1 aromatic rings. The summed E-state index contributed by atoms with van der Waals surface area (Å²) in [5.41, 5.74) is 1.00. The number of hydroxylamine groups is 1. The SMILES string of the molecule is NCCC(=O)NOB(O)c1ccccc1C(F)(OC(F)(F)C(F)(OC(F)(F)C(F)(OC(F)(F)C(F)(OC(F)(F)C(F)(F)C(F)(F)F)C(F)(F)F)C(F)(F)F)C(F)(F)F)C(F)(F)F. The molecule has 1 aromatic carbocycles. The standard InChI is InChI=1S/C23H12BF29N2O7/c25-10(15(31,32)33,7-3-1-2-4-8(7)24(57)62-55-9(56)5-6-54)58-21(48,49)12(28,17(37,38)39)60-23(52,53)14(30,19(43,44)45)61-22(50,51)13(29,18(40,41)42)59-20(46,47)11(26,27)16(34,35)36/h1-4,57H,5-6,54H2,(H,55,56). The van der Waals surface area contributed by atoms with Crippen molar-refractivity contribution in [1.82, 2.24) is 5.48 Å². The van der Waals surface area contributed by atoms with Gasteiger partial charge in [0.25, 0.3) is 0 Å². The zero-order valence-electron chi connectivity index (χ0n) is 27.7. The van der Waals surface area contributed by atoms with E-state index >= 15 is 8.78 Å². The van der Waals surface area contributed by atoms with Gasteiger partial charge in [0.2, 0.25) is 5.91 Å². The van der Waals surface area contributed by atoms with E-state index in [0.29, 0.717) is 6.07 Å². The van der Waals surface area contributed by atoms with Gasteiger partial charge in [0.1, 0.15) is 0 Å². The van der Waals surface area contributed by atoms with Crippen LogP contribution in [0.4, 0.5) is 127 Å². The van der Waals surface area contributed by atoms with Crippen molar-refractivity contribution in [2.75, 3.05) is 6.54 Å². The van der Waals surface area contributed by atoms with Crippen LogP contribution in [0.25, 0.3) is 0 Å². The molecule has 4 atom stereocenters. The zero-order valence-corrected chi connectivity index (χ0v) is 27.7. The first-order chi connectivity index (χ1) is 26.9. The molecule has 0 aromatic heterocycles. The lowest BCUT2D eigenvalue weighted by molar-refractivity contribution is -0.593. The van der Waals surface area contributed by atoms with Crippen molar-refractivity contribution in [2.24, 2.45) is 5.73 Å². The average Bonchev–Trinajstić information content (AvgIpc) is 3.03. The smallest absolute Gasteiger partial charge is 0.422 e. The molecule has 1 amide bonds. The number of amides is 1. The van der Waals surface area contributed by atoms with Gasteiger partial charge < -0.3 is 10.8 Å². The van der Waals surface area contributed by atoms with E-state index in [1.165, 1.54) is 4.74 Å². The van der Waals surface area contributed by atoms with Crippen LogP contribution >= 0.6 is 0 Å². The summed E-state index contributed by atoms with van der Waals surface area (Å²) >= 11 is 0. The first-order valence-electron chi connectivity index (χ1n) is 14.1. The van der Waals surface area contributed by atoms with Crippen LogP contribution in [0, 0.1) is 0 Å². The van der Waals surface area contributed by atoms with Gasteiger partial charge in [-0.05, 0) is 5.46 Å². The highest BCUT2D eigenvalue weighted by atomic mass is 19.4. The van der Waals surface area contributed by atoms with Gasteiger partial charge in [-0.25, -0.2) is 5.48 Å². The summed E-state index contributed by atoms with van der Waals surface area (Å²) in [5.74, 6) is -44.2. The molecule has 0 saturated heterocycles. The largest absolute Gasteiger partial charge is 0.514 e. The molecule has 0 bridgehead atoms.